The monoisotopic (exact) mass is 381 g/mol. The van der Waals surface area contributed by atoms with E-state index in [1.807, 2.05) is 37.8 Å². The number of aliphatic carboxylic acids is 2. The van der Waals surface area contributed by atoms with E-state index in [9.17, 15) is 24.9 Å². The SMILES string of the molecule is CC(C)(C)C1(C(=O)O)C2C=CC(C2)C1(CC(O)CN1CCOCC1)C(=O)O. The lowest BCUT2D eigenvalue weighted by Crippen LogP contribution is -2.62. The molecule has 3 aliphatic rings. The third kappa shape index (κ3) is 2.82. The molecule has 5 unspecified atom stereocenters. The number of fused-ring (bicyclic) bond motifs is 2. The van der Waals surface area contributed by atoms with Crippen LogP contribution in [0.5, 0.6) is 0 Å². The van der Waals surface area contributed by atoms with Gasteiger partial charge in [-0.25, -0.2) is 0 Å². The van der Waals surface area contributed by atoms with Gasteiger partial charge in [-0.2, -0.15) is 0 Å². The first kappa shape index (κ1) is 20.3. The van der Waals surface area contributed by atoms with Crippen LogP contribution in [0, 0.1) is 28.1 Å². The number of β-amino-alcohol motifs (C(OH)–C–C–N with tert-alkyl or cyclic N) is 1. The molecule has 7 nitrogen and oxygen atoms in total. The summed E-state index contributed by atoms with van der Waals surface area (Å²) in [5, 5.41) is 31.5. The number of ether oxygens (including phenoxy) is 1. The first-order chi connectivity index (χ1) is 12.6. The topological polar surface area (TPSA) is 107 Å². The Morgan fingerprint density at radius 3 is 2.26 bits per heavy atom. The number of carboxylic acids is 2. The molecule has 152 valence electrons. The van der Waals surface area contributed by atoms with Gasteiger partial charge >= 0.3 is 11.9 Å². The minimum atomic E-state index is -1.53. The van der Waals surface area contributed by atoms with Crippen LogP contribution in [0.4, 0.5) is 0 Å². The summed E-state index contributed by atoms with van der Waals surface area (Å²) >= 11 is 0. The maximum Gasteiger partial charge on any atom is 0.311 e. The summed E-state index contributed by atoms with van der Waals surface area (Å²) in [6.07, 6.45) is 3.27. The average Bonchev–Trinajstić information content (AvgIpc) is 3.13. The maximum absolute atomic E-state index is 12.7. The molecule has 0 aromatic carbocycles. The lowest BCUT2D eigenvalue weighted by molar-refractivity contribution is -0.194. The van der Waals surface area contributed by atoms with E-state index < -0.39 is 34.3 Å². The molecule has 3 rings (SSSR count). The third-order valence-electron chi connectivity index (χ3n) is 7.01. The first-order valence-electron chi connectivity index (χ1n) is 9.70. The highest BCUT2D eigenvalue weighted by molar-refractivity contribution is 5.90. The fraction of sp³-hybridized carbons (Fsp3) is 0.800. The molecule has 1 aliphatic heterocycles. The Hall–Kier alpha value is -1.44. The van der Waals surface area contributed by atoms with Gasteiger partial charge in [-0.1, -0.05) is 32.9 Å². The fourth-order valence-corrected chi connectivity index (χ4v) is 6.15. The molecule has 1 heterocycles. The predicted molar refractivity (Wildman–Crippen MR) is 98.2 cm³/mol. The number of hydrogen-bond donors (Lipinski definition) is 3. The van der Waals surface area contributed by atoms with E-state index in [0.29, 0.717) is 39.3 Å². The van der Waals surface area contributed by atoms with E-state index in [4.69, 9.17) is 4.74 Å². The Balaban J connectivity index is 1.99. The van der Waals surface area contributed by atoms with Crippen molar-refractivity contribution in [2.45, 2.75) is 39.7 Å². The van der Waals surface area contributed by atoms with Crippen molar-refractivity contribution in [3.8, 4) is 0 Å². The van der Waals surface area contributed by atoms with E-state index in [-0.39, 0.29) is 18.3 Å². The third-order valence-corrected chi connectivity index (χ3v) is 7.01. The molecule has 5 atom stereocenters. The van der Waals surface area contributed by atoms with Crippen molar-refractivity contribution in [2.75, 3.05) is 32.8 Å². The summed E-state index contributed by atoms with van der Waals surface area (Å²) in [4.78, 5) is 27.4. The lowest BCUT2D eigenvalue weighted by atomic mass is 9.46. The second kappa shape index (κ2) is 6.87. The number of nitrogens with zero attached hydrogens (tertiary/aromatic N) is 1. The van der Waals surface area contributed by atoms with Crippen LogP contribution in [0.1, 0.15) is 33.6 Å². The molecule has 7 heteroatoms. The van der Waals surface area contributed by atoms with Gasteiger partial charge in [0.05, 0.1) is 30.1 Å². The van der Waals surface area contributed by atoms with Gasteiger partial charge in [0.2, 0.25) is 0 Å². The number of morpholine rings is 1. The molecule has 1 saturated heterocycles. The van der Waals surface area contributed by atoms with Crippen molar-refractivity contribution >= 4 is 11.9 Å². The van der Waals surface area contributed by atoms with Gasteiger partial charge in [0.1, 0.15) is 0 Å². The average molecular weight is 381 g/mol. The molecule has 0 aromatic rings. The van der Waals surface area contributed by atoms with Gasteiger partial charge in [0.15, 0.2) is 0 Å². The van der Waals surface area contributed by atoms with Crippen molar-refractivity contribution < 1.29 is 29.6 Å². The summed E-state index contributed by atoms with van der Waals surface area (Å²) in [6, 6.07) is 0. The molecule has 27 heavy (non-hydrogen) atoms. The molecule has 0 amide bonds. The quantitative estimate of drug-likeness (QED) is 0.598. The number of allylic oxidation sites excluding steroid dienone is 2. The summed E-state index contributed by atoms with van der Waals surface area (Å²) in [5.74, 6) is -2.91. The van der Waals surface area contributed by atoms with Gasteiger partial charge in [-0.3, -0.25) is 14.5 Å². The highest BCUT2D eigenvalue weighted by Crippen LogP contribution is 2.71. The van der Waals surface area contributed by atoms with Crippen LogP contribution in [0.25, 0.3) is 0 Å². The summed E-state index contributed by atoms with van der Waals surface area (Å²) in [6.45, 7) is 8.31. The van der Waals surface area contributed by atoms with Crippen molar-refractivity contribution in [2.24, 2.45) is 28.1 Å². The zero-order valence-corrected chi connectivity index (χ0v) is 16.4. The minimum Gasteiger partial charge on any atom is -0.481 e. The van der Waals surface area contributed by atoms with E-state index >= 15 is 0 Å². The molecule has 2 fully saturated rings. The van der Waals surface area contributed by atoms with Crippen LogP contribution < -0.4 is 0 Å². The van der Waals surface area contributed by atoms with Crippen LogP contribution >= 0.6 is 0 Å². The minimum absolute atomic E-state index is 0.0607. The van der Waals surface area contributed by atoms with Gasteiger partial charge in [0.25, 0.3) is 0 Å². The number of carbonyl (C=O) groups is 2. The van der Waals surface area contributed by atoms with E-state index in [1.54, 1.807) is 0 Å². The highest BCUT2D eigenvalue weighted by atomic mass is 16.5. The van der Waals surface area contributed by atoms with E-state index in [0.717, 1.165) is 0 Å². The van der Waals surface area contributed by atoms with Crippen LogP contribution in [-0.2, 0) is 14.3 Å². The van der Waals surface area contributed by atoms with Crippen molar-refractivity contribution in [3.63, 3.8) is 0 Å². The van der Waals surface area contributed by atoms with Gasteiger partial charge < -0.3 is 20.1 Å². The summed E-state index contributed by atoms with van der Waals surface area (Å²) in [5.41, 5.74) is -3.76. The molecule has 0 radical (unpaired) electrons. The molecule has 2 bridgehead atoms. The van der Waals surface area contributed by atoms with Gasteiger partial charge in [-0.15, -0.1) is 0 Å². The lowest BCUT2D eigenvalue weighted by Gasteiger charge is -2.54. The number of carboxylic acid groups (broad SMARTS) is 2. The summed E-state index contributed by atoms with van der Waals surface area (Å²) in [7, 11) is 0. The van der Waals surface area contributed by atoms with Gasteiger partial charge in [0, 0.05) is 19.6 Å². The van der Waals surface area contributed by atoms with Crippen LogP contribution in [0.2, 0.25) is 0 Å². The standard InChI is InChI=1S/C20H31NO6/c1-18(2,3)20(17(25)26)14-5-4-13(10-14)19(20,16(23)24)11-15(22)12-21-6-8-27-9-7-21/h4-5,13-15,22H,6-12H2,1-3H3,(H,23,24)(H,25,26). The molecule has 3 N–H and O–H groups in total. The van der Waals surface area contributed by atoms with E-state index in [2.05, 4.69) is 0 Å². The number of hydrogen-bond acceptors (Lipinski definition) is 5. The number of rotatable bonds is 6. The Morgan fingerprint density at radius 1 is 1.15 bits per heavy atom. The molecule has 0 spiro atoms. The van der Waals surface area contributed by atoms with Crippen LogP contribution in [0.15, 0.2) is 12.2 Å². The van der Waals surface area contributed by atoms with Crippen molar-refractivity contribution in [1.82, 2.24) is 4.90 Å². The maximum atomic E-state index is 12.7. The molecule has 0 aromatic heterocycles. The highest BCUT2D eigenvalue weighted by Gasteiger charge is 2.77. The second-order valence-corrected chi connectivity index (χ2v) is 9.24. The van der Waals surface area contributed by atoms with E-state index in [1.165, 1.54) is 0 Å². The van der Waals surface area contributed by atoms with Gasteiger partial charge in [-0.05, 0) is 30.1 Å². The number of aliphatic hydroxyl groups is 1. The normalized spacial score (nSPS) is 37.5. The molecular formula is C20H31NO6. The molecule has 2 aliphatic carbocycles. The predicted octanol–water partition coefficient (Wildman–Crippen LogP) is 1.46. The molecular weight excluding hydrogens is 350 g/mol. The summed E-state index contributed by atoms with van der Waals surface area (Å²) < 4.78 is 5.32. The fourth-order valence-electron chi connectivity index (χ4n) is 6.15. The number of aliphatic hydroxyl groups excluding tert-OH is 1. The smallest absolute Gasteiger partial charge is 0.311 e. The zero-order chi connectivity index (χ0) is 20.0. The zero-order valence-electron chi connectivity index (χ0n) is 16.4. The van der Waals surface area contributed by atoms with Crippen molar-refractivity contribution in [1.29, 1.82) is 0 Å². The Kier molecular flexibility index (Phi) is 5.16. The Labute approximate surface area is 160 Å². The van der Waals surface area contributed by atoms with Crippen LogP contribution in [0.3, 0.4) is 0 Å². The Morgan fingerprint density at radius 2 is 1.74 bits per heavy atom. The first-order valence-corrected chi connectivity index (χ1v) is 9.70. The largest absolute Gasteiger partial charge is 0.481 e. The van der Waals surface area contributed by atoms with Crippen molar-refractivity contribution in [3.05, 3.63) is 12.2 Å². The Bertz CT molecular complexity index is 635. The second-order valence-electron chi connectivity index (χ2n) is 9.24. The molecule has 1 saturated carbocycles. The van der Waals surface area contributed by atoms with Crippen LogP contribution in [-0.4, -0.2) is 71.1 Å².